The molecular weight excluding hydrogens is 420 g/mol. The normalized spacial score (nSPS) is 16.3. The Labute approximate surface area is 186 Å². The molecule has 0 saturated carbocycles. The molecule has 1 aromatic heterocycles. The predicted molar refractivity (Wildman–Crippen MR) is 122 cm³/mol. The maximum atomic E-state index is 14.9. The summed E-state index contributed by atoms with van der Waals surface area (Å²) < 4.78 is 28.9. The van der Waals surface area contributed by atoms with E-state index in [1.807, 2.05) is 6.07 Å². The molecule has 2 aromatic carbocycles. The van der Waals surface area contributed by atoms with E-state index in [-0.39, 0.29) is 16.1 Å². The molecule has 0 bridgehead atoms. The fourth-order valence-electron chi connectivity index (χ4n) is 4.42. The number of phenols is 1. The molecule has 0 spiro atoms. The third-order valence-electron chi connectivity index (χ3n) is 6.51. The van der Waals surface area contributed by atoms with E-state index in [1.165, 1.54) is 12.1 Å². The van der Waals surface area contributed by atoms with Crippen molar-refractivity contribution in [2.75, 3.05) is 32.1 Å². The van der Waals surface area contributed by atoms with Crippen LogP contribution in [-0.2, 0) is 0 Å². The second-order valence-electron chi connectivity index (χ2n) is 8.50. The summed E-state index contributed by atoms with van der Waals surface area (Å²) in [5, 5.41) is 10.3. The molecule has 1 unspecified atom stereocenters. The lowest BCUT2D eigenvalue weighted by Crippen LogP contribution is -2.41. The molecule has 2 heterocycles. The van der Waals surface area contributed by atoms with E-state index in [0.29, 0.717) is 17.5 Å². The van der Waals surface area contributed by atoms with Crippen molar-refractivity contribution >= 4 is 28.2 Å². The number of pyridine rings is 1. The summed E-state index contributed by atoms with van der Waals surface area (Å²) in [4.78, 5) is 8.91. The molecule has 31 heavy (non-hydrogen) atoms. The van der Waals surface area contributed by atoms with Gasteiger partial charge in [-0.1, -0.05) is 11.6 Å². The number of aromatic hydroxyl groups is 1. The van der Waals surface area contributed by atoms with Gasteiger partial charge in [-0.3, -0.25) is 4.98 Å². The highest BCUT2D eigenvalue weighted by Gasteiger charge is 2.26. The minimum absolute atomic E-state index is 0.155. The maximum absolute atomic E-state index is 14.9. The number of nitrogens with zero attached hydrogens (tertiary/aromatic N) is 3. The standard InChI is InChI=1S/C24H26ClF2N3O/c1-14(29(2)3)15-5-8-30(9-6-15)23-4-7-28-22-13-20(26)17(12-18(22)23)16-10-19(25)24(31)21(27)11-16/h4,7,10-15,31H,5-6,8-9H2,1-3H3. The van der Waals surface area contributed by atoms with E-state index >= 15 is 0 Å². The van der Waals surface area contributed by atoms with Crippen LogP contribution in [0.5, 0.6) is 5.75 Å². The van der Waals surface area contributed by atoms with Crippen molar-refractivity contribution in [2.24, 2.45) is 5.92 Å². The zero-order valence-electron chi connectivity index (χ0n) is 17.9. The Bertz CT molecular complexity index is 1090. The summed E-state index contributed by atoms with van der Waals surface area (Å²) in [5.74, 6) is -1.40. The second kappa shape index (κ2) is 8.60. The number of halogens is 3. The highest BCUT2D eigenvalue weighted by molar-refractivity contribution is 6.32. The van der Waals surface area contributed by atoms with Crippen molar-refractivity contribution in [3.05, 3.63) is 53.2 Å². The van der Waals surface area contributed by atoms with Crippen LogP contribution in [0.15, 0.2) is 36.5 Å². The molecule has 1 saturated heterocycles. The number of anilines is 1. The first-order valence-electron chi connectivity index (χ1n) is 10.4. The fourth-order valence-corrected chi connectivity index (χ4v) is 4.62. The van der Waals surface area contributed by atoms with E-state index in [0.717, 1.165) is 43.1 Å². The van der Waals surface area contributed by atoms with Gasteiger partial charge in [0.15, 0.2) is 11.6 Å². The van der Waals surface area contributed by atoms with E-state index < -0.39 is 17.4 Å². The summed E-state index contributed by atoms with van der Waals surface area (Å²) >= 11 is 5.92. The van der Waals surface area contributed by atoms with Crippen molar-refractivity contribution in [1.82, 2.24) is 9.88 Å². The first kappa shape index (κ1) is 21.8. The Morgan fingerprint density at radius 1 is 1.13 bits per heavy atom. The molecule has 1 fully saturated rings. The van der Waals surface area contributed by atoms with Crippen LogP contribution in [0.2, 0.25) is 5.02 Å². The van der Waals surface area contributed by atoms with Gasteiger partial charge >= 0.3 is 0 Å². The van der Waals surface area contributed by atoms with Crippen LogP contribution in [0, 0.1) is 17.6 Å². The van der Waals surface area contributed by atoms with E-state index in [1.54, 1.807) is 12.3 Å². The van der Waals surface area contributed by atoms with Crippen LogP contribution in [0.25, 0.3) is 22.0 Å². The molecule has 1 atom stereocenters. The molecule has 1 aliphatic rings. The number of rotatable bonds is 4. The maximum Gasteiger partial charge on any atom is 0.170 e. The minimum Gasteiger partial charge on any atom is -0.504 e. The second-order valence-corrected chi connectivity index (χ2v) is 8.90. The number of benzene rings is 2. The Kier molecular flexibility index (Phi) is 6.04. The van der Waals surface area contributed by atoms with Gasteiger partial charge in [0.1, 0.15) is 5.82 Å². The van der Waals surface area contributed by atoms with Gasteiger partial charge in [0.05, 0.1) is 10.5 Å². The molecule has 164 valence electrons. The van der Waals surface area contributed by atoms with Gasteiger partial charge < -0.3 is 14.9 Å². The average Bonchev–Trinajstić information content (AvgIpc) is 2.75. The lowest BCUT2D eigenvalue weighted by Gasteiger charge is -2.38. The molecular formula is C24H26ClF2N3O. The van der Waals surface area contributed by atoms with E-state index in [2.05, 4.69) is 35.8 Å². The Balaban J connectivity index is 1.71. The van der Waals surface area contributed by atoms with Gasteiger partial charge in [-0.25, -0.2) is 8.78 Å². The zero-order valence-corrected chi connectivity index (χ0v) is 18.6. The van der Waals surface area contributed by atoms with Gasteiger partial charge in [0.2, 0.25) is 0 Å². The van der Waals surface area contributed by atoms with Crippen molar-refractivity contribution in [3.63, 3.8) is 0 Å². The first-order valence-corrected chi connectivity index (χ1v) is 10.8. The number of phenolic OH excluding ortho intramolecular Hbond substituents is 1. The highest BCUT2D eigenvalue weighted by atomic mass is 35.5. The molecule has 3 aromatic rings. The number of piperidine rings is 1. The Morgan fingerprint density at radius 3 is 2.48 bits per heavy atom. The summed E-state index contributed by atoms with van der Waals surface area (Å²) in [6.45, 7) is 4.09. The number of aromatic nitrogens is 1. The largest absolute Gasteiger partial charge is 0.504 e. The third-order valence-corrected chi connectivity index (χ3v) is 6.80. The van der Waals surface area contributed by atoms with Gasteiger partial charge in [-0.15, -0.1) is 0 Å². The summed E-state index contributed by atoms with van der Waals surface area (Å²) in [7, 11) is 4.23. The summed E-state index contributed by atoms with van der Waals surface area (Å²) in [5.41, 5.74) is 2.03. The number of hydrogen-bond donors (Lipinski definition) is 1. The lowest BCUT2D eigenvalue weighted by molar-refractivity contribution is 0.199. The van der Waals surface area contributed by atoms with Gasteiger partial charge in [-0.2, -0.15) is 0 Å². The summed E-state index contributed by atoms with van der Waals surface area (Å²) in [6, 6.07) is 8.00. The Hall–Kier alpha value is -2.44. The predicted octanol–water partition coefficient (Wildman–Crippen LogP) is 5.71. The molecule has 0 aliphatic carbocycles. The topological polar surface area (TPSA) is 39.6 Å². The quantitative estimate of drug-likeness (QED) is 0.558. The van der Waals surface area contributed by atoms with Crippen LogP contribution in [0.1, 0.15) is 19.8 Å². The molecule has 0 amide bonds. The number of fused-ring (bicyclic) bond motifs is 1. The van der Waals surface area contributed by atoms with Gasteiger partial charge in [0.25, 0.3) is 0 Å². The zero-order chi connectivity index (χ0) is 22.3. The monoisotopic (exact) mass is 445 g/mol. The summed E-state index contributed by atoms with van der Waals surface area (Å²) in [6.07, 6.45) is 3.86. The van der Waals surface area contributed by atoms with Crippen LogP contribution in [0.4, 0.5) is 14.5 Å². The highest BCUT2D eigenvalue weighted by Crippen LogP contribution is 2.37. The molecule has 4 nitrogen and oxygen atoms in total. The lowest BCUT2D eigenvalue weighted by atomic mass is 9.89. The molecule has 4 rings (SSSR count). The van der Waals surface area contributed by atoms with E-state index in [4.69, 9.17) is 11.6 Å². The number of hydrogen-bond acceptors (Lipinski definition) is 4. The Morgan fingerprint density at radius 2 is 1.84 bits per heavy atom. The van der Waals surface area contributed by atoms with Crippen LogP contribution >= 0.6 is 11.6 Å². The van der Waals surface area contributed by atoms with Crippen LogP contribution in [0.3, 0.4) is 0 Å². The van der Waals surface area contributed by atoms with Crippen LogP contribution in [-0.4, -0.2) is 48.2 Å². The molecule has 1 aliphatic heterocycles. The van der Waals surface area contributed by atoms with Gasteiger partial charge in [0, 0.05) is 48.0 Å². The fraction of sp³-hybridized carbons (Fsp3) is 0.375. The van der Waals surface area contributed by atoms with Crippen molar-refractivity contribution in [3.8, 4) is 16.9 Å². The average molecular weight is 446 g/mol. The smallest absolute Gasteiger partial charge is 0.170 e. The first-order chi connectivity index (χ1) is 14.8. The molecule has 0 radical (unpaired) electrons. The van der Waals surface area contributed by atoms with Gasteiger partial charge in [-0.05, 0) is 69.6 Å². The molecule has 1 N–H and O–H groups in total. The van der Waals surface area contributed by atoms with E-state index in [9.17, 15) is 13.9 Å². The van der Waals surface area contributed by atoms with Crippen LogP contribution < -0.4 is 4.90 Å². The minimum atomic E-state index is -0.884. The SMILES string of the molecule is CC(C1CCN(c2ccnc3cc(F)c(-c4cc(F)c(O)c(Cl)c4)cc23)CC1)N(C)C. The third kappa shape index (κ3) is 4.19. The molecule has 7 heteroatoms. The van der Waals surface area contributed by atoms with Crippen molar-refractivity contribution < 1.29 is 13.9 Å². The van der Waals surface area contributed by atoms with Crippen molar-refractivity contribution in [2.45, 2.75) is 25.8 Å². The van der Waals surface area contributed by atoms with Crippen molar-refractivity contribution in [1.29, 1.82) is 0 Å².